The molecule has 8 heteroatoms. The SMILES string of the molecule is CC1CCCN(S(=O)(=O)N[C@H](CO)C(=O)O)C1. The molecule has 0 radical (unpaired) electrons. The topological polar surface area (TPSA) is 107 Å². The molecule has 100 valence electrons. The normalized spacial score (nSPS) is 24.5. The Hall–Kier alpha value is -0.700. The van der Waals surface area contributed by atoms with E-state index in [1.165, 1.54) is 4.31 Å². The second kappa shape index (κ2) is 5.76. The summed E-state index contributed by atoms with van der Waals surface area (Å²) in [5.41, 5.74) is 0. The number of aliphatic hydroxyl groups excluding tert-OH is 1. The highest BCUT2D eigenvalue weighted by atomic mass is 32.2. The molecule has 1 aliphatic heterocycles. The van der Waals surface area contributed by atoms with Gasteiger partial charge in [0.15, 0.2) is 0 Å². The Morgan fingerprint density at radius 3 is 2.71 bits per heavy atom. The van der Waals surface area contributed by atoms with Crippen LogP contribution in [0.4, 0.5) is 0 Å². The maximum Gasteiger partial charge on any atom is 0.324 e. The van der Waals surface area contributed by atoms with E-state index in [4.69, 9.17) is 10.2 Å². The van der Waals surface area contributed by atoms with Crippen LogP contribution in [0.25, 0.3) is 0 Å². The molecule has 1 saturated heterocycles. The van der Waals surface area contributed by atoms with Gasteiger partial charge in [0.1, 0.15) is 6.04 Å². The molecule has 1 heterocycles. The van der Waals surface area contributed by atoms with Crippen LogP contribution in [-0.2, 0) is 15.0 Å². The minimum atomic E-state index is -3.83. The molecular formula is C9H18N2O5S. The summed E-state index contributed by atoms with van der Waals surface area (Å²) in [5, 5.41) is 17.5. The van der Waals surface area contributed by atoms with E-state index < -0.39 is 28.8 Å². The van der Waals surface area contributed by atoms with Gasteiger partial charge in [0.05, 0.1) is 6.61 Å². The summed E-state index contributed by atoms with van der Waals surface area (Å²) in [5.74, 6) is -1.13. The number of carboxylic acids is 1. The van der Waals surface area contributed by atoms with Gasteiger partial charge in [-0.15, -0.1) is 0 Å². The molecule has 0 amide bonds. The van der Waals surface area contributed by atoms with Crippen molar-refractivity contribution in [2.24, 2.45) is 5.92 Å². The lowest BCUT2D eigenvalue weighted by molar-refractivity contribution is -0.139. The Labute approximate surface area is 101 Å². The minimum Gasteiger partial charge on any atom is -0.480 e. The molecule has 2 atom stereocenters. The van der Waals surface area contributed by atoms with Crippen molar-refractivity contribution in [2.75, 3.05) is 19.7 Å². The highest BCUT2D eigenvalue weighted by Gasteiger charge is 2.31. The van der Waals surface area contributed by atoms with Crippen molar-refractivity contribution in [1.82, 2.24) is 9.03 Å². The van der Waals surface area contributed by atoms with Crippen LogP contribution in [0.1, 0.15) is 19.8 Å². The first-order valence-corrected chi connectivity index (χ1v) is 6.92. The highest BCUT2D eigenvalue weighted by molar-refractivity contribution is 7.87. The Balaban J connectivity index is 2.70. The number of nitrogens with zero attached hydrogens (tertiary/aromatic N) is 1. The largest absolute Gasteiger partial charge is 0.480 e. The Morgan fingerprint density at radius 1 is 1.59 bits per heavy atom. The van der Waals surface area contributed by atoms with Crippen LogP contribution in [0, 0.1) is 5.92 Å². The van der Waals surface area contributed by atoms with Crippen LogP contribution < -0.4 is 4.72 Å². The first kappa shape index (κ1) is 14.4. The zero-order valence-electron chi connectivity index (χ0n) is 9.66. The zero-order valence-corrected chi connectivity index (χ0v) is 10.5. The fourth-order valence-electron chi connectivity index (χ4n) is 1.78. The molecule has 0 aromatic carbocycles. The van der Waals surface area contributed by atoms with E-state index >= 15 is 0 Å². The average Bonchev–Trinajstić information content (AvgIpc) is 2.25. The monoisotopic (exact) mass is 266 g/mol. The average molecular weight is 266 g/mol. The highest BCUT2D eigenvalue weighted by Crippen LogP contribution is 2.17. The lowest BCUT2D eigenvalue weighted by Crippen LogP contribution is -2.52. The van der Waals surface area contributed by atoms with Crippen molar-refractivity contribution in [3.63, 3.8) is 0 Å². The second-order valence-corrected chi connectivity index (χ2v) is 6.00. The van der Waals surface area contributed by atoms with E-state index in [-0.39, 0.29) is 5.92 Å². The van der Waals surface area contributed by atoms with Crippen LogP contribution in [0.2, 0.25) is 0 Å². The van der Waals surface area contributed by atoms with Gasteiger partial charge in [0, 0.05) is 13.1 Å². The van der Waals surface area contributed by atoms with E-state index in [0.29, 0.717) is 13.1 Å². The van der Waals surface area contributed by atoms with Crippen molar-refractivity contribution < 1.29 is 23.4 Å². The molecule has 3 N–H and O–H groups in total. The van der Waals surface area contributed by atoms with Crippen molar-refractivity contribution >= 4 is 16.2 Å². The number of piperidine rings is 1. The molecular weight excluding hydrogens is 248 g/mol. The quantitative estimate of drug-likeness (QED) is 0.591. The first-order chi connectivity index (χ1) is 7.86. The lowest BCUT2D eigenvalue weighted by Gasteiger charge is -2.30. The predicted molar refractivity (Wildman–Crippen MR) is 60.5 cm³/mol. The van der Waals surface area contributed by atoms with E-state index in [2.05, 4.69) is 0 Å². The molecule has 17 heavy (non-hydrogen) atoms. The summed E-state index contributed by atoms with van der Waals surface area (Å²) in [6.45, 7) is 1.95. The van der Waals surface area contributed by atoms with Gasteiger partial charge in [-0.3, -0.25) is 4.79 Å². The van der Waals surface area contributed by atoms with Gasteiger partial charge in [-0.2, -0.15) is 17.4 Å². The van der Waals surface area contributed by atoms with E-state index in [1.807, 2.05) is 11.6 Å². The molecule has 1 fully saturated rings. The molecule has 0 saturated carbocycles. The number of rotatable bonds is 5. The van der Waals surface area contributed by atoms with Crippen molar-refractivity contribution in [3.8, 4) is 0 Å². The first-order valence-electron chi connectivity index (χ1n) is 5.48. The summed E-state index contributed by atoms with van der Waals surface area (Å²) in [6.07, 6.45) is 1.73. The summed E-state index contributed by atoms with van der Waals surface area (Å²) < 4.78 is 26.9. The molecule has 1 unspecified atom stereocenters. The third-order valence-electron chi connectivity index (χ3n) is 2.73. The van der Waals surface area contributed by atoms with Crippen LogP contribution in [-0.4, -0.2) is 54.6 Å². The fourth-order valence-corrected chi connectivity index (χ4v) is 3.29. The molecule has 0 spiro atoms. The van der Waals surface area contributed by atoms with Crippen molar-refractivity contribution in [3.05, 3.63) is 0 Å². The Morgan fingerprint density at radius 2 is 2.24 bits per heavy atom. The molecule has 0 aliphatic carbocycles. The minimum absolute atomic E-state index is 0.262. The van der Waals surface area contributed by atoms with Gasteiger partial charge >= 0.3 is 5.97 Å². The maximum atomic E-state index is 11.8. The van der Waals surface area contributed by atoms with Gasteiger partial charge in [-0.05, 0) is 18.8 Å². The van der Waals surface area contributed by atoms with E-state index in [1.54, 1.807) is 0 Å². The molecule has 0 bridgehead atoms. The second-order valence-electron chi connectivity index (χ2n) is 4.30. The van der Waals surface area contributed by atoms with Gasteiger partial charge in [-0.1, -0.05) is 6.92 Å². The molecule has 0 aromatic heterocycles. The summed E-state index contributed by atoms with van der Waals surface area (Å²) in [6, 6.07) is -1.49. The summed E-state index contributed by atoms with van der Waals surface area (Å²) in [4.78, 5) is 10.6. The molecule has 0 aromatic rings. The van der Waals surface area contributed by atoms with Crippen molar-refractivity contribution in [1.29, 1.82) is 0 Å². The van der Waals surface area contributed by atoms with Gasteiger partial charge in [0.25, 0.3) is 10.2 Å². The molecule has 7 nitrogen and oxygen atoms in total. The Kier molecular flexibility index (Phi) is 4.87. The number of carbonyl (C=O) groups is 1. The lowest BCUT2D eigenvalue weighted by atomic mass is 10.0. The number of hydrogen-bond donors (Lipinski definition) is 3. The smallest absolute Gasteiger partial charge is 0.324 e. The standard InChI is InChI=1S/C9H18N2O5S/c1-7-3-2-4-11(5-7)17(15,16)10-8(6-12)9(13)14/h7-8,10,12H,2-6H2,1H3,(H,13,14)/t7?,8-/m1/s1. The Bertz CT molecular complexity index is 370. The van der Waals surface area contributed by atoms with Crippen LogP contribution in [0.3, 0.4) is 0 Å². The van der Waals surface area contributed by atoms with Crippen LogP contribution >= 0.6 is 0 Å². The van der Waals surface area contributed by atoms with Gasteiger partial charge in [-0.25, -0.2) is 0 Å². The number of hydrogen-bond acceptors (Lipinski definition) is 4. The summed E-state index contributed by atoms with van der Waals surface area (Å²) >= 11 is 0. The van der Waals surface area contributed by atoms with Crippen LogP contribution in [0.15, 0.2) is 0 Å². The third kappa shape index (κ3) is 3.91. The molecule has 1 rings (SSSR count). The zero-order chi connectivity index (χ0) is 13.1. The summed E-state index contributed by atoms with van der Waals surface area (Å²) in [7, 11) is -3.83. The fraction of sp³-hybridized carbons (Fsp3) is 0.889. The van der Waals surface area contributed by atoms with E-state index in [0.717, 1.165) is 12.8 Å². The van der Waals surface area contributed by atoms with E-state index in [9.17, 15) is 13.2 Å². The predicted octanol–water partition coefficient (Wildman–Crippen LogP) is -1.00. The molecule has 1 aliphatic rings. The number of aliphatic carboxylic acids is 1. The van der Waals surface area contributed by atoms with Crippen molar-refractivity contribution in [2.45, 2.75) is 25.8 Å². The maximum absolute atomic E-state index is 11.8. The number of aliphatic hydroxyl groups is 1. The van der Waals surface area contributed by atoms with Crippen LogP contribution in [0.5, 0.6) is 0 Å². The third-order valence-corrected chi connectivity index (χ3v) is 4.33. The van der Waals surface area contributed by atoms with Gasteiger partial charge < -0.3 is 10.2 Å². The number of nitrogens with one attached hydrogen (secondary N) is 1. The number of carboxylic acid groups (broad SMARTS) is 1. The van der Waals surface area contributed by atoms with Gasteiger partial charge in [0.2, 0.25) is 0 Å².